The Balaban J connectivity index is 2.88. The van der Waals surface area contributed by atoms with E-state index < -0.39 is 0 Å². The number of rotatable bonds is 1. The highest BCUT2D eigenvalue weighted by Crippen LogP contribution is 2.07. The first kappa shape index (κ1) is 9.19. The zero-order chi connectivity index (χ0) is 9.14. The normalized spacial score (nSPS) is 19.8. The van der Waals surface area contributed by atoms with Gasteiger partial charge in [0.05, 0.1) is 21.7 Å². The van der Waals surface area contributed by atoms with Gasteiger partial charge < -0.3 is 5.32 Å². The van der Waals surface area contributed by atoms with Crippen LogP contribution in [0, 0.1) is 5.41 Å². The Morgan fingerprint density at radius 3 is 2.83 bits per heavy atom. The minimum absolute atomic E-state index is 0.340. The number of allylic oxidation sites excluding steroid dienone is 3. The molecule has 0 spiro atoms. The standard InChI is InChI=1S/C8H10BrN3/c1-5-4-11-7(3-8(9)10)6(2)12-5/h3-4,10-11H,1-2H3/b7-3-,10-8?. The Labute approximate surface area is 79.9 Å². The largest absolute Gasteiger partial charge is 0.358 e. The van der Waals surface area contributed by atoms with Crippen molar-refractivity contribution in [2.75, 3.05) is 0 Å². The second-order valence-electron chi connectivity index (χ2n) is 2.53. The van der Waals surface area contributed by atoms with Crippen LogP contribution in [0.3, 0.4) is 0 Å². The monoisotopic (exact) mass is 227 g/mol. The predicted octanol–water partition coefficient (Wildman–Crippen LogP) is 2.17. The first-order chi connectivity index (χ1) is 5.59. The van der Waals surface area contributed by atoms with Crippen LogP contribution in [0.2, 0.25) is 0 Å². The van der Waals surface area contributed by atoms with Gasteiger partial charge in [0.1, 0.15) is 0 Å². The summed E-state index contributed by atoms with van der Waals surface area (Å²) in [6.07, 6.45) is 3.50. The Kier molecular flexibility index (Phi) is 2.81. The molecule has 1 aliphatic heterocycles. The van der Waals surface area contributed by atoms with Gasteiger partial charge in [0.25, 0.3) is 0 Å². The summed E-state index contributed by atoms with van der Waals surface area (Å²) in [4.78, 5) is 4.25. The Bertz CT molecular complexity index is 299. The van der Waals surface area contributed by atoms with Crippen molar-refractivity contribution in [3.63, 3.8) is 0 Å². The summed E-state index contributed by atoms with van der Waals surface area (Å²) < 4.78 is 0.340. The van der Waals surface area contributed by atoms with Crippen LogP contribution in [0.4, 0.5) is 0 Å². The molecule has 12 heavy (non-hydrogen) atoms. The summed E-state index contributed by atoms with van der Waals surface area (Å²) in [6.45, 7) is 3.83. The molecule has 0 atom stereocenters. The molecular formula is C8H10BrN3. The number of hydrogen-bond donors (Lipinski definition) is 2. The molecular weight excluding hydrogens is 218 g/mol. The number of aliphatic imine (C=N–C) groups is 1. The van der Waals surface area contributed by atoms with Gasteiger partial charge in [-0.25, -0.2) is 0 Å². The third kappa shape index (κ3) is 2.30. The SMILES string of the molecule is CC1=CN/C(=C\C(=N)Br)C(C)=N1. The van der Waals surface area contributed by atoms with Gasteiger partial charge >= 0.3 is 0 Å². The van der Waals surface area contributed by atoms with Crippen molar-refractivity contribution in [2.45, 2.75) is 13.8 Å². The fourth-order valence-electron chi connectivity index (χ4n) is 0.917. The van der Waals surface area contributed by atoms with Crippen LogP contribution < -0.4 is 5.32 Å². The smallest absolute Gasteiger partial charge is 0.0988 e. The summed E-state index contributed by atoms with van der Waals surface area (Å²) >= 11 is 3.04. The van der Waals surface area contributed by atoms with Crippen molar-refractivity contribution < 1.29 is 0 Å². The highest BCUT2D eigenvalue weighted by molar-refractivity contribution is 9.18. The maximum absolute atomic E-state index is 7.20. The van der Waals surface area contributed by atoms with Crippen LogP contribution >= 0.6 is 15.9 Å². The second-order valence-corrected chi connectivity index (χ2v) is 3.39. The molecule has 0 saturated heterocycles. The third-order valence-electron chi connectivity index (χ3n) is 1.44. The predicted molar refractivity (Wildman–Crippen MR) is 54.7 cm³/mol. The maximum atomic E-state index is 7.20. The third-order valence-corrected chi connectivity index (χ3v) is 1.67. The van der Waals surface area contributed by atoms with Crippen molar-refractivity contribution in [1.29, 1.82) is 5.41 Å². The lowest BCUT2D eigenvalue weighted by Gasteiger charge is -2.12. The van der Waals surface area contributed by atoms with Crippen LogP contribution in [0.1, 0.15) is 13.8 Å². The molecule has 0 radical (unpaired) electrons. The van der Waals surface area contributed by atoms with Gasteiger partial charge in [-0.15, -0.1) is 0 Å². The van der Waals surface area contributed by atoms with Crippen molar-refractivity contribution in [3.8, 4) is 0 Å². The van der Waals surface area contributed by atoms with E-state index in [0.29, 0.717) is 4.62 Å². The van der Waals surface area contributed by atoms with E-state index in [2.05, 4.69) is 26.2 Å². The van der Waals surface area contributed by atoms with Crippen LogP contribution in [0.15, 0.2) is 28.7 Å². The molecule has 2 N–H and O–H groups in total. The topological polar surface area (TPSA) is 48.2 Å². The van der Waals surface area contributed by atoms with E-state index in [9.17, 15) is 0 Å². The molecule has 64 valence electrons. The Morgan fingerprint density at radius 1 is 1.67 bits per heavy atom. The zero-order valence-corrected chi connectivity index (χ0v) is 8.57. The molecule has 0 aromatic heterocycles. The van der Waals surface area contributed by atoms with Crippen LogP contribution in [0.25, 0.3) is 0 Å². The molecule has 4 heteroatoms. The summed E-state index contributed by atoms with van der Waals surface area (Å²) in [5.41, 5.74) is 2.72. The minimum Gasteiger partial charge on any atom is -0.358 e. The van der Waals surface area contributed by atoms with E-state index in [1.165, 1.54) is 0 Å². The van der Waals surface area contributed by atoms with E-state index in [1.54, 1.807) is 6.08 Å². The molecule has 0 aromatic carbocycles. The van der Waals surface area contributed by atoms with Crippen molar-refractivity contribution in [2.24, 2.45) is 4.99 Å². The van der Waals surface area contributed by atoms with Crippen molar-refractivity contribution >= 4 is 26.3 Å². The molecule has 1 heterocycles. The van der Waals surface area contributed by atoms with Crippen molar-refractivity contribution in [3.05, 3.63) is 23.7 Å². The van der Waals surface area contributed by atoms with Crippen LogP contribution in [0.5, 0.6) is 0 Å². The number of hydrogen-bond acceptors (Lipinski definition) is 3. The van der Waals surface area contributed by atoms with Gasteiger partial charge in [-0.3, -0.25) is 10.4 Å². The lowest BCUT2D eigenvalue weighted by Crippen LogP contribution is -2.18. The van der Waals surface area contributed by atoms with Gasteiger partial charge in [0.15, 0.2) is 0 Å². The second kappa shape index (κ2) is 3.67. The molecule has 1 aliphatic rings. The highest BCUT2D eigenvalue weighted by Gasteiger charge is 2.05. The fraction of sp³-hybridized carbons (Fsp3) is 0.250. The molecule has 0 aliphatic carbocycles. The molecule has 0 fully saturated rings. The molecule has 0 saturated carbocycles. The number of nitrogens with one attached hydrogen (secondary N) is 2. The lowest BCUT2D eigenvalue weighted by molar-refractivity contribution is 1.05. The van der Waals surface area contributed by atoms with Gasteiger partial charge in [-0.2, -0.15) is 0 Å². The Hall–Kier alpha value is -0.900. The van der Waals surface area contributed by atoms with E-state index in [-0.39, 0.29) is 0 Å². The molecule has 0 amide bonds. The van der Waals surface area contributed by atoms with Crippen LogP contribution in [-0.4, -0.2) is 10.3 Å². The quantitative estimate of drug-likeness (QED) is 0.664. The van der Waals surface area contributed by atoms with Gasteiger partial charge in [-0.05, 0) is 35.9 Å². The molecule has 1 rings (SSSR count). The summed E-state index contributed by atoms with van der Waals surface area (Å²) in [6, 6.07) is 0. The first-order valence-corrected chi connectivity index (χ1v) is 4.33. The van der Waals surface area contributed by atoms with E-state index in [4.69, 9.17) is 5.41 Å². The van der Waals surface area contributed by atoms with E-state index in [0.717, 1.165) is 17.1 Å². The molecule has 0 bridgehead atoms. The summed E-state index contributed by atoms with van der Waals surface area (Å²) in [5.74, 6) is 0. The summed E-state index contributed by atoms with van der Waals surface area (Å²) in [5, 5.41) is 10.2. The number of nitrogens with zero attached hydrogens (tertiary/aromatic N) is 1. The zero-order valence-electron chi connectivity index (χ0n) is 6.98. The minimum atomic E-state index is 0.340. The average molecular weight is 228 g/mol. The van der Waals surface area contributed by atoms with Gasteiger partial charge in [-0.1, -0.05) is 0 Å². The maximum Gasteiger partial charge on any atom is 0.0988 e. The average Bonchev–Trinajstić information content (AvgIpc) is 1.94. The van der Waals surface area contributed by atoms with Gasteiger partial charge in [0, 0.05) is 6.20 Å². The molecule has 0 aromatic rings. The van der Waals surface area contributed by atoms with Crippen LogP contribution in [-0.2, 0) is 0 Å². The first-order valence-electron chi connectivity index (χ1n) is 3.54. The van der Waals surface area contributed by atoms with Gasteiger partial charge in [0.2, 0.25) is 0 Å². The van der Waals surface area contributed by atoms with Crippen molar-refractivity contribution in [1.82, 2.24) is 5.32 Å². The Morgan fingerprint density at radius 2 is 2.33 bits per heavy atom. The number of halogens is 1. The van der Waals surface area contributed by atoms with E-state index in [1.807, 2.05) is 20.0 Å². The molecule has 3 nitrogen and oxygen atoms in total. The lowest BCUT2D eigenvalue weighted by atomic mass is 10.2. The van der Waals surface area contributed by atoms with E-state index >= 15 is 0 Å². The highest BCUT2D eigenvalue weighted by atomic mass is 79.9. The summed E-state index contributed by atoms with van der Waals surface area (Å²) in [7, 11) is 0. The fourth-order valence-corrected chi connectivity index (χ4v) is 1.15. The molecule has 0 unspecified atom stereocenters.